The second-order valence-corrected chi connectivity index (χ2v) is 6.99. The van der Waals surface area contributed by atoms with Crippen molar-refractivity contribution in [1.82, 2.24) is 19.9 Å². The third-order valence-corrected chi connectivity index (χ3v) is 5.23. The van der Waals surface area contributed by atoms with Gasteiger partial charge >= 0.3 is 0 Å². The molecule has 1 atom stereocenters. The van der Waals surface area contributed by atoms with Crippen LogP contribution in [0.15, 0.2) is 51.7 Å². The molecule has 136 valence electrons. The molecule has 0 amide bonds. The van der Waals surface area contributed by atoms with E-state index in [1.807, 2.05) is 51.8 Å². The molecule has 0 aliphatic carbocycles. The molecule has 1 aromatic carbocycles. The van der Waals surface area contributed by atoms with Gasteiger partial charge in [0, 0.05) is 10.9 Å². The molecule has 0 unspecified atom stereocenters. The molecule has 4 heterocycles. The van der Waals surface area contributed by atoms with Gasteiger partial charge in [-0.3, -0.25) is 4.68 Å². The Labute approximate surface area is 159 Å². The summed E-state index contributed by atoms with van der Waals surface area (Å²) in [6.07, 6.45) is -0.0554. The van der Waals surface area contributed by atoms with Crippen LogP contribution in [-0.2, 0) is 17.9 Å². The SMILES string of the molecule is COc1ccc([C@H]2Cn3nc(-c4nc(-c5ccsc5)no4)cc3CO2)cc1. The number of fused-ring (bicyclic) bond motifs is 1. The van der Waals surface area contributed by atoms with Gasteiger partial charge in [0.25, 0.3) is 5.89 Å². The van der Waals surface area contributed by atoms with E-state index >= 15 is 0 Å². The molecule has 0 saturated heterocycles. The average Bonchev–Trinajstić information content (AvgIpc) is 3.46. The average molecular weight is 380 g/mol. The molecule has 8 heteroatoms. The number of methoxy groups -OCH3 is 1. The van der Waals surface area contributed by atoms with Crippen LogP contribution in [0.1, 0.15) is 17.4 Å². The van der Waals surface area contributed by atoms with E-state index in [-0.39, 0.29) is 6.10 Å². The van der Waals surface area contributed by atoms with Gasteiger partial charge in [-0.25, -0.2) is 0 Å². The monoisotopic (exact) mass is 380 g/mol. The molecule has 0 radical (unpaired) electrons. The zero-order chi connectivity index (χ0) is 18.2. The van der Waals surface area contributed by atoms with E-state index in [2.05, 4.69) is 15.2 Å². The summed E-state index contributed by atoms with van der Waals surface area (Å²) < 4.78 is 18.6. The van der Waals surface area contributed by atoms with Gasteiger partial charge in [-0.15, -0.1) is 0 Å². The van der Waals surface area contributed by atoms with Gasteiger partial charge in [0.1, 0.15) is 11.9 Å². The molecule has 0 spiro atoms. The Morgan fingerprint density at radius 2 is 2.11 bits per heavy atom. The third kappa shape index (κ3) is 3.02. The second kappa shape index (κ2) is 6.64. The maximum Gasteiger partial charge on any atom is 0.278 e. The van der Waals surface area contributed by atoms with Crippen LogP contribution in [0.4, 0.5) is 0 Å². The van der Waals surface area contributed by atoms with Crippen LogP contribution in [0, 0.1) is 0 Å². The lowest BCUT2D eigenvalue weighted by molar-refractivity contribution is -0.00115. The standard InChI is InChI=1S/C19H16N4O3S/c1-24-15-4-2-12(3-5-15)17-9-23-14(10-25-17)8-16(21-23)19-20-18(22-26-19)13-6-7-27-11-13/h2-8,11,17H,9-10H2,1H3/t17-/m1/s1. The summed E-state index contributed by atoms with van der Waals surface area (Å²) in [5.74, 6) is 1.82. The predicted molar refractivity (Wildman–Crippen MR) is 99.4 cm³/mol. The van der Waals surface area contributed by atoms with Gasteiger partial charge in [-0.05, 0) is 35.2 Å². The zero-order valence-electron chi connectivity index (χ0n) is 14.5. The molecule has 4 aromatic rings. The first-order valence-corrected chi connectivity index (χ1v) is 9.43. The highest BCUT2D eigenvalue weighted by Crippen LogP contribution is 2.30. The predicted octanol–water partition coefficient (Wildman–Crippen LogP) is 3.94. The summed E-state index contributed by atoms with van der Waals surface area (Å²) in [5, 5.41) is 12.7. The van der Waals surface area contributed by atoms with Crippen LogP contribution in [0.3, 0.4) is 0 Å². The molecule has 1 aliphatic heterocycles. The number of aromatic nitrogens is 4. The van der Waals surface area contributed by atoms with Crippen LogP contribution < -0.4 is 4.74 Å². The number of thiophene rings is 1. The third-order valence-electron chi connectivity index (χ3n) is 4.55. The molecule has 7 nitrogen and oxygen atoms in total. The Kier molecular flexibility index (Phi) is 3.99. The highest BCUT2D eigenvalue weighted by molar-refractivity contribution is 7.08. The number of hydrogen-bond donors (Lipinski definition) is 0. The molecule has 0 N–H and O–H groups in total. The summed E-state index contributed by atoms with van der Waals surface area (Å²) in [6, 6.07) is 11.8. The summed E-state index contributed by atoms with van der Waals surface area (Å²) in [6.45, 7) is 1.11. The molecule has 1 aliphatic rings. The van der Waals surface area contributed by atoms with Crippen molar-refractivity contribution in [3.8, 4) is 28.7 Å². The van der Waals surface area contributed by atoms with E-state index in [1.54, 1.807) is 18.4 Å². The Morgan fingerprint density at radius 3 is 2.89 bits per heavy atom. The minimum atomic E-state index is -0.0554. The Bertz CT molecular complexity index is 1050. The van der Waals surface area contributed by atoms with Gasteiger partial charge in [-0.2, -0.15) is 21.4 Å². The number of ether oxygens (including phenoxy) is 2. The van der Waals surface area contributed by atoms with Crippen molar-refractivity contribution in [3.63, 3.8) is 0 Å². The van der Waals surface area contributed by atoms with E-state index in [0.29, 0.717) is 30.6 Å². The summed E-state index contributed by atoms with van der Waals surface area (Å²) in [7, 11) is 1.66. The normalized spacial score (nSPS) is 16.3. The van der Waals surface area contributed by atoms with Gasteiger partial charge in [0.15, 0.2) is 5.69 Å². The van der Waals surface area contributed by atoms with Crippen molar-refractivity contribution in [1.29, 1.82) is 0 Å². The van der Waals surface area contributed by atoms with E-state index in [9.17, 15) is 0 Å². The largest absolute Gasteiger partial charge is 0.497 e. The van der Waals surface area contributed by atoms with Crippen LogP contribution >= 0.6 is 11.3 Å². The minimum absolute atomic E-state index is 0.0554. The Balaban J connectivity index is 1.38. The molecule has 5 rings (SSSR count). The first kappa shape index (κ1) is 16.2. The van der Waals surface area contributed by atoms with E-state index < -0.39 is 0 Å². The van der Waals surface area contributed by atoms with Gasteiger partial charge in [0.2, 0.25) is 5.82 Å². The van der Waals surface area contributed by atoms with Crippen molar-refractivity contribution in [2.24, 2.45) is 0 Å². The quantitative estimate of drug-likeness (QED) is 0.534. The fraction of sp³-hybridized carbons (Fsp3) is 0.211. The summed E-state index contributed by atoms with van der Waals surface area (Å²) >= 11 is 1.60. The first-order valence-electron chi connectivity index (χ1n) is 8.49. The molecular formula is C19H16N4O3S. The van der Waals surface area contributed by atoms with E-state index in [1.165, 1.54) is 0 Å². The van der Waals surface area contributed by atoms with Gasteiger partial charge < -0.3 is 14.0 Å². The van der Waals surface area contributed by atoms with Gasteiger partial charge in [0.05, 0.1) is 26.0 Å². The Hall–Kier alpha value is -2.97. The Morgan fingerprint density at radius 1 is 1.22 bits per heavy atom. The van der Waals surface area contributed by atoms with Crippen LogP contribution in [0.25, 0.3) is 23.0 Å². The highest BCUT2D eigenvalue weighted by atomic mass is 32.1. The fourth-order valence-electron chi connectivity index (χ4n) is 3.09. The van der Waals surface area contributed by atoms with Crippen molar-refractivity contribution >= 4 is 11.3 Å². The fourth-order valence-corrected chi connectivity index (χ4v) is 3.72. The van der Waals surface area contributed by atoms with E-state index in [0.717, 1.165) is 22.6 Å². The maximum atomic E-state index is 6.01. The number of rotatable bonds is 4. The molecule has 27 heavy (non-hydrogen) atoms. The molecule has 0 fully saturated rings. The van der Waals surface area contributed by atoms with Crippen LogP contribution in [0.2, 0.25) is 0 Å². The molecule has 3 aromatic heterocycles. The second-order valence-electron chi connectivity index (χ2n) is 6.21. The lowest BCUT2D eigenvalue weighted by atomic mass is 10.1. The van der Waals surface area contributed by atoms with Crippen molar-refractivity contribution in [2.45, 2.75) is 19.3 Å². The van der Waals surface area contributed by atoms with Crippen LogP contribution in [-0.4, -0.2) is 27.0 Å². The number of nitrogens with zero attached hydrogens (tertiary/aromatic N) is 4. The van der Waals surface area contributed by atoms with Gasteiger partial charge in [-0.1, -0.05) is 17.3 Å². The van der Waals surface area contributed by atoms with Crippen LogP contribution in [0.5, 0.6) is 5.75 Å². The molecule has 0 saturated carbocycles. The number of hydrogen-bond acceptors (Lipinski definition) is 7. The topological polar surface area (TPSA) is 75.2 Å². The molecular weight excluding hydrogens is 364 g/mol. The smallest absolute Gasteiger partial charge is 0.278 e. The minimum Gasteiger partial charge on any atom is -0.497 e. The van der Waals surface area contributed by atoms with Crippen molar-refractivity contribution in [2.75, 3.05) is 7.11 Å². The zero-order valence-corrected chi connectivity index (χ0v) is 15.3. The first-order chi connectivity index (χ1) is 13.3. The van der Waals surface area contributed by atoms with Crippen molar-refractivity contribution < 1.29 is 14.0 Å². The highest BCUT2D eigenvalue weighted by Gasteiger charge is 2.24. The molecule has 0 bridgehead atoms. The van der Waals surface area contributed by atoms with Crippen molar-refractivity contribution in [3.05, 3.63) is 58.4 Å². The van der Waals surface area contributed by atoms with E-state index in [4.69, 9.17) is 14.0 Å². The summed E-state index contributed by atoms with van der Waals surface area (Å²) in [4.78, 5) is 4.46. The lowest BCUT2D eigenvalue weighted by Gasteiger charge is -2.24. The maximum absolute atomic E-state index is 6.01. The summed E-state index contributed by atoms with van der Waals surface area (Å²) in [5.41, 5.74) is 3.70. The lowest BCUT2D eigenvalue weighted by Crippen LogP contribution is -2.21. The number of benzene rings is 1.